The fraction of sp³-hybridized carbons (Fsp3) is 0.636. The molecule has 0 heterocycles. The average molecular weight is 212 g/mol. The quantitative estimate of drug-likeness (QED) is 0.358. The Kier molecular flexibility index (Phi) is 8.43. The summed E-state index contributed by atoms with van der Waals surface area (Å²) in [5.74, 6) is -0.476. The second kappa shape index (κ2) is 9.24. The van der Waals surface area contributed by atoms with Crippen LogP contribution in [0.25, 0.3) is 0 Å². The van der Waals surface area contributed by atoms with Crippen LogP contribution in [0.2, 0.25) is 0 Å². The summed E-state index contributed by atoms with van der Waals surface area (Å²) in [5, 5.41) is 5.25. The molecule has 0 atom stereocenters. The van der Waals surface area contributed by atoms with E-state index >= 15 is 0 Å². The molecule has 0 saturated heterocycles. The van der Waals surface area contributed by atoms with Crippen LogP contribution in [0.4, 0.5) is 0 Å². The number of rotatable bonds is 8. The lowest BCUT2D eigenvalue weighted by atomic mass is 10.2. The monoisotopic (exact) mass is 212 g/mol. The Bertz CT molecular complexity index is 215. The molecule has 0 rings (SSSR count). The van der Waals surface area contributed by atoms with Crippen molar-refractivity contribution in [3.63, 3.8) is 0 Å². The van der Waals surface area contributed by atoms with Gasteiger partial charge in [0, 0.05) is 13.1 Å². The summed E-state index contributed by atoms with van der Waals surface area (Å²) >= 11 is 0. The number of hydrogen-bond donors (Lipinski definition) is 2. The molecule has 2 amide bonds. The van der Waals surface area contributed by atoms with Gasteiger partial charge < -0.3 is 10.6 Å². The average Bonchev–Trinajstić information content (AvgIpc) is 2.21. The van der Waals surface area contributed by atoms with E-state index in [-0.39, 0.29) is 18.2 Å². The number of carbonyl (C=O) groups is 2. The fourth-order valence-corrected chi connectivity index (χ4v) is 1.06. The second-order valence-electron chi connectivity index (χ2n) is 3.33. The molecule has 0 aliphatic carbocycles. The third kappa shape index (κ3) is 9.00. The van der Waals surface area contributed by atoms with Gasteiger partial charge in [-0.25, -0.2) is 0 Å². The minimum atomic E-state index is -0.261. The molecule has 0 fully saturated rings. The molecule has 0 aromatic carbocycles. The summed E-state index contributed by atoms with van der Waals surface area (Å²) in [7, 11) is 0. The van der Waals surface area contributed by atoms with Crippen LogP contribution in [0.1, 0.15) is 32.6 Å². The lowest BCUT2D eigenvalue weighted by Gasteiger charge is -2.04. The Labute approximate surface area is 91.1 Å². The zero-order chi connectivity index (χ0) is 11.5. The van der Waals surface area contributed by atoms with Gasteiger partial charge in [-0.15, -0.1) is 6.58 Å². The van der Waals surface area contributed by atoms with Gasteiger partial charge in [0.15, 0.2) is 0 Å². The van der Waals surface area contributed by atoms with E-state index in [9.17, 15) is 9.59 Å². The minimum Gasteiger partial charge on any atom is -0.356 e. The number of unbranched alkanes of at least 4 members (excludes halogenated alkanes) is 2. The Morgan fingerprint density at radius 1 is 1.20 bits per heavy atom. The smallest absolute Gasteiger partial charge is 0.229 e. The van der Waals surface area contributed by atoms with Crippen molar-refractivity contribution in [1.82, 2.24) is 10.6 Å². The van der Waals surface area contributed by atoms with Gasteiger partial charge >= 0.3 is 0 Å². The van der Waals surface area contributed by atoms with Crippen LogP contribution in [0.15, 0.2) is 12.7 Å². The first-order valence-electron chi connectivity index (χ1n) is 5.35. The van der Waals surface area contributed by atoms with E-state index in [1.54, 1.807) is 6.08 Å². The van der Waals surface area contributed by atoms with Crippen LogP contribution in [0.3, 0.4) is 0 Å². The topological polar surface area (TPSA) is 58.2 Å². The van der Waals surface area contributed by atoms with Crippen molar-refractivity contribution in [3.05, 3.63) is 12.7 Å². The number of nitrogens with one attached hydrogen (secondary N) is 2. The number of carbonyl (C=O) groups excluding carboxylic acids is 2. The first-order valence-corrected chi connectivity index (χ1v) is 5.35. The second-order valence-corrected chi connectivity index (χ2v) is 3.33. The van der Waals surface area contributed by atoms with Crippen LogP contribution in [0, 0.1) is 0 Å². The summed E-state index contributed by atoms with van der Waals surface area (Å²) in [6.45, 7) is 6.63. The molecular formula is C11H20N2O2. The van der Waals surface area contributed by atoms with Crippen LogP contribution in [-0.2, 0) is 9.59 Å². The molecule has 0 unspecified atom stereocenters. The Morgan fingerprint density at radius 2 is 1.87 bits per heavy atom. The molecule has 0 bridgehead atoms. The number of hydrogen-bond acceptors (Lipinski definition) is 2. The summed E-state index contributed by atoms with van der Waals surface area (Å²) in [6, 6.07) is 0. The molecule has 86 valence electrons. The summed E-state index contributed by atoms with van der Waals surface area (Å²) < 4.78 is 0. The normalized spacial score (nSPS) is 9.40. The predicted molar refractivity (Wildman–Crippen MR) is 60.4 cm³/mol. The van der Waals surface area contributed by atoms with Crippen LogP contribution >= 0.6 is 0 Å². The first kappa shape index (κ1) is 13.7. The zero-order valence-electron chi connectivity index (χ0n) is 9.34. The molecule has 0 radical (unpaired) electrons. The highest BCUT2D eigenvalue weighted by molar-refractivity contribution is 5.96. The van der Waals surface area contributed by atoms with Gasteiger partial charge in [0.05, 0.1) is 0 Å². The zero-order valence-corrected chi connectivity index (χ0v) is 9.34. The van der Waals surface area contributed by atoms with E-state index in [1.165, 1.54) is 0 Å². The molecule has 4 nitrogen and oxygen atoms in total. The SMILES string of the molecule is C=CCNC(=O)CC(=O)NCCCCC. The van der Waals surface area contributed by atoms with Crippen molar-refractivity contribution in [2.24, 2.45) is 0 Å². The van der Waals surface area contributed by atoms with Gasteiger partial charge in [0.1, 0.15) is 6.42 Å². The van der Waals surface area contributed by atoms with E-state index in [2.05, 4.69) is 24.1 Å². The molecule has 0 aliphatic rings. The van der Waals surface area contributed by atoms with Gasteiger partial charge in [-0.3, -0.25) is 9.59 Å². The molecule has 0 aliphatic heterocycles. The summed E-state index contributed by atoms with van der Waals surface area (Å²) in [4.78, 5) is 22.3. The number of amides is 2. The minimum absolute atomic E-state index is 0.0973. The summed E-state index contributed by atoms with van der Waals surface area (Å²) in [5.41, 5.74) is 0. The van der Waals surface area contributed by atoms with E-state index in [1.807, 2.05) is 0 Å². The maximum atomic E-state index is 11.2. The van der Waals surface area contributed by atoms with Crippen molar-refractivity contribution >= 4 is 11.8 Å². The lowest BCUT2D eigenvalue weighted by molar-refractivity contribution is -0.129. The lowest BCUT2D eigenvalue weighted by Crippen LogP contribution is -2.32. The molecule has 0 aromatic heterocycles. The van der Waals surface area contributed by atoms with E-state index in [0.717, 1.165) is 19.3 Å². The highest BCUT2D eigenvalue weighted by Crippen LogP contribution is 1.91. The fourth-order valence-electron chi connectivity index (χ4n) is 1.06. The maximum Gasteiger partial charge on any atom is 0.229 e. The Balaban J connectivity index is 3.46. The molecule has 0 aromatic rings. The van der Waals surface area contributed by atoms with Crippen LogP contribution in [-0.4, -0.2) is 24.9 Å². The Morgan fingerprint density at radius 3 is 2.47 bits per heavy atom. The maximum absolute atomic E-state index is 11.2. The molecule has 0 saturated carbocycles. The van der Waals surface area contributed by atoms with Crippen molar-refractivity contribution in [1.29, 1.82) is 0 Å². The first-order chi connectivity index (χ1) is 7.20. The van der Waals surface area contributed by atoms with E-state index in [0.29, 0.717) is 13.1 Å². The van der Waals surface area contributed by atoms with Gasteiger partial charge in [-0.2, -0.15) is 0 Å². The van der Waals surface area contributed by atoms with Gasteiger partial charge in [0.2, 0.25) is 11.8 Å². The largest absolute Gasteiger partial charge is 0.356 e. The Hall–Kier alpha value is -1.32. The van der Waals surface area contributed by atoms with Crippen LogP contribution < -0.4 is 10.6 Å². The molecule has 2 N–H and O–H groups in total. The van der Waals surface area contributed by atoms with E-state index < -0.39 is 0 Å². The van der Waals surface area contributed by atoms with Gasteiger partial charge in [-0.1, -0.05) is 25.8 Å². The third-order valence-electron chi connectivity index (χ3n) is 1.87. The highest BCUT2D eigenvalue weighted by Gasteiger charge is 2.06. The van der Waals surface area contributed by atoms with Gasteiger partial charge in [0.25, 0.3) is 0 Å². The predicted octanol–water partition coefficient (Wildman–Crippen LogP) is 0.985. The van der Waals surface area contributed by atoms with Gasteiger partial charge in [-0.05, 0) is 6.42 Å². The van der Waals surface area contributed by atoms with Crippen molar-refractivity contribution < 1.29 is 9.59 Å². The van der Waals surface area contributed by atoms with E-state index in [4.69, 9.17) is 0 Å². The van der Waals surface area contributed by atoms with Crippen molar-refractivity contribution in [2.45, 2.75) is 32.6 Å². The van der Waals surface area contributed by atoms with Crippen LogP contribution in [0.5, 0.6) is 0 Å². The summed E-state index contributed by atoms with van der Waals surface area (Å²) in [6.07, 6.45) is 4.67. The molecule has 15 heavy (non-hydrogen) atoms. The third-order valence-corrected chi connectivity index (χ3v) is 1.87. The standard InChI is InChI=1S/C11H20N2O2/c1-3-5-6-8-13-11(15)9-10(14)12-7-4-2/h4H,2-3,5-9H2,1H3,(H,12,14)(H,13,15). The van der Waals surface area contributed by atoms with Crippen molar-refractivity contribution in [3.8, 4) is 0 Å². The molecular weight excluding hydrogens is 192 g/mol. The molecule has 0 spiro atoms. The highest BCUT2D eigenvalue weighted by atomic mass is 16.2. The molecule has 4 heteroatoms. The van der Waals surface area contributed by atoms with Crippen molar-refractivity contribution in [2.75, 3.05) is 13.1 Å².